The minimum Gasteiger partial charge on any atom is -0.449 e. The van der Waals surface area contributed by atoms with E-state index in [4.69, 9.17) is 9.15 Å². The third-order valence-electron chi connectivity index (χ3n) is 4.21. The zero-order valence-electron chi connectivity index (χ0n) is 14.7. The molecule has 9 nitrogen and oxygen atoms in total. The van der Waals surface area contributed by atoms with Crippen LogP contribution in [0.3, 0.4) is 0 Å². The maximum absolute atomic E-state index is 12.5. The standard InChI is InChI=1S/C19H14N4O5/c1-11(27-19(24)15-10-20-16-5-3-2-4-14(15)16)17-21-22-18(28-17)12-6-8-13(9-7-12)23(25)26/h2-11,20H,1H3. The number of nitrogens with zero attached hydrogens (tertiary/aromatic N) is 3. The maximum Gasteiger partial charge on any atom is 0.341 e. The first-order valence-corrected chi connectivity index (χ1v) is 8.38. The number of nitrogens with one attached hydrogen (secondary N) is 1. The quantitative estimate of drug-likeness (QED) is 0.315. The van der Waals surface area contributed by atoms with Crippen LogP contribution in [-0.4, -0.2) is 26.1 Å². The Hall–Kier alpha value is -4.01. The van der Waals surface area contributed by atoms with Crippen molar-refractivity contribution in [2.24, 2.45) is 0 Å². The smallest absolute Gasteiger partial charge is 0.341 e. The predicted molar refractivity (Wildman–Crippen MR) is 98.5 cm³/mol. The molecule has 0 saturated carbocycles. The van der Waals surface area contributed by atoms with Crippen LogP contribution in [0.15, 0.2) is 59.1 Å². The molecule has 0 radical (unpaired) electrons. The Labute approximate surface area is 158 Å². The van der Waals surface area contributed by atoms with Crippen molar-refractivity contribution in [3.8, 4) is 11.5 Å². The first kappa shape index (κ1) is 17.4. The van der Waals surface area contributed by atoms with Gasteiger partial charge < -0.3 is 14.1 Å². The molecule has 2 aromatic carbocycles. The molecule has 2 heterocycles. The fourth-order valence-corrected chi connectivity index (χ4v) is 2.76. The summed E-state index contributed by atoms with van der Waals surface area (Å²) in [6.45, 7) is 1.62. The van der Waals surface area contributed by atoms with Gasteiger partial charge in [0.05, 0.1) is 10.5 Å². The number of carbonyl (C=O) groups excluding carboxylic acids is 1. The molecule has 0 amide bonds. The van der Waals surface area contributed by atoms with Gasteiger partial charge in [0.25, 0.3) is 11.6 Å². The van der Waals surface area contributed by atoms with E-state index in [2.05, 4.69) is 15.2 Å². The van der Waals surface area contributed by atoms with Crippen LogP contribution in [0.2, 0.25) is 0 Å². The van der Waals surface area contributed by atoms with E-state index in [1.165, 1.54) is 24.3 Å². The number of carbonyl (C=O) groups is 1. The summed E-state index contributed by atoms with van der Waals surface area (Å²) in [6.07, 6.45) is 0.830. The molecular formula is C19H14N4O5. The lowest BCUT2D eigenvalue weighted by Gasteiger charge is -2.08. The van der Waals surface area contributed by atoms with Crippen molar-refractivity contribution in [1.29, 1.82) is 0 Å². The van der Waals surface area contributed by atoms with Gasteiger partial charge in [-0.25, -0.2) is 4.79 Å². The van der Waals surface area contributed by atoms with E-state index in [0.717, 1.165) is 10.9 Å². The molecule has 0 saturated heterocycles. The Morgan fingerprint density at radius 2 is 1.93 bits per heavy atom. The van der Waals surface area contributed by atoms with Crippen molar-refractivity contribution < 1.29 is 18.9 Å². The number of hydrogen-bond acceptors (Lipinski definition) is 7. The molecule has 140 valence electrons. The van der Waals surface area contributed by atoms with Gasteiger partial charge in [-0.1, -0.05) is 18.2 Å². The maximum atomic E-state index is 12.5. The number of non-ortho nitro benzene ring substituents is 1. The van der Waals surface area contributed by atoms with Crippen molar-refractivity contribution in [2.75, 3.05) is 0 Å². The Bertz CT molecular complexity index is 1160. The summed E-state index contributed by atoms with van der Waals surface area (Å²) in [5.74, 6) is -0.207. The van der Waals surface area contributed by atoms with Crippen LogP contribution in [-0.2, 0) is 4.74 Å². The third kappa shape index (κ3) is 3.20. The number of aromatic amines is 1. The molecule has 0 spiro atoms. The van der Waals surface area contributed by atoms with Crippen molar-refractivity contribution in [1.82, 2.24) is 15.2 Å². The van der Waals surface area contributed by atoms with Crippen LogP contribution in [0.4, 0.5) is 5.69 Å². The van der Waals surface area contributed by atoms with Crippen molar-refractivity contribution in [3.05, 3.63) is 76.3 Å². The van der Waals surface area contributed by atoms with Gasteiger partial charge in [-0.15, -0.1) is 10.2 Å². The van der Waals surface area contributed by atoms with E-state index in [0.29, 0.717) is 11.1 Å². The lowest BCUT2D eigenvalue weighted by atomic mass is 10.2. The fraction of sp³-hybridized carbons (Fsp3) is 0.105. The highest BCUT2D eigenvalue weighted by Crippen LogP contribution is 2.26. The number of rotatable bonds is 5. The van der Waals surface area contributed by atoms with E-state index >= 15 is 0 Å². The second kappa shape index (κ2) is 6.95. The van der Waals surface area contributed by atoms with Crippen molar-refractivity contribution in [2.45, 2.75) is 13.0 Å². The fourth-order valence-electron chi connectivity index (χ4n) is 2.76. The number of fused-ring (bicyclic) bond motifs is 1. The zero-order valence-corrected chi connectivity index (χ0v) is 14.7. The van der Waals surface area contributed by atoms with E-state index < -0.39 is 17.0 Å². The van der Waals surface area contributed by atoms with E-state index in [1.54, 1.807) is 13.1 Å². The van der Waals surface area contributed by atoms with Gasteiger partial charge in [-0.05, 0) is 25.1 Å². The molecule has 0 aliphatic rings. The van der Waals surface area contributed by atoms with E-state index in [1.807, 2.05) is 24.3 Å². The third-order valence-corrected chi connectivity index (χ3v) is 4.21. The van der Waals surface area contributed by atoms with Crippen molar-refractivity contribution >= 4 is 22.6 Å². The minimum absolute atomic E-state index is 0.0375. The number of nitro groups is 1. The molecular weight excluding hydrogens is 364 g/mol. The Balaban J connectivity index is 1.50. The molecule has 0 fully saturated rings. The Morgan fingerprint density at radius 3 is 2.68 bits per heavy atom. The molecule has 1 unspecified atom stereocenters. The highest BCUT2D eigenvalue weighted by Gasteiger charge is 2.22. The molecule has 1 N–H and O–H groups in total. The molecule has 0 aliphatic carbocycles. The first-order chi connectivity index (χ1) is 13.5. The second-order valence-corrected chi connectivity index (χ2v) is 6.04. The number of esters is 1. The number of H-pyrrole nitrogens is 1. The summed E-state index contributed by atoms with van der Waals surface area (Å²) in [4.78, 5) is 25.7. The number of aromatic nitrogens is 3. The summed E-state index contributed by atoms with van der Waals surface area (Å²) in [6, 6.07) is 13.1. The van der Waals surface area contributed by atoms with Gasteiger partial charge in [0.15, 0.2) is 6.10 Å². The van der Waals surface area contributed by atoms with Crippen LogP contribution in [0.1, 0.15) is 29.3 Å². The summed E-state index contributed by atoms with van der Waals surface area (Å²) in [5, 5.41) is 19.3. The van der Waals surface area contributed by atoms with Crippen LogP contribution in [0.25, 0.3) is 22.4 Å². The van der Waals surface area contributed by atoms with Crippen LogP contribution in [0, 0.1) is 10.1 Å². The topological polar surface area (TPSA) is 124 Å². The molecule has 1 atom stereocenters. The summed E-state index contributed by atoms with van der Waals surface area (Å²) >= 11 is 0. The Morgan fingerprint density at radius 1 is 1.18 bits per heavy atom. The molecule has 9 heteroatoms. The highest BCUT2D eigenvalue weighted by atomic mass is 16.6. The van der Waals surface area contributed by atoms with Crippen LogP contribution in [0.5, 0.6) is 0 Å². The van der Waals surface area contributed by atoms with Crippen LogP contribution >= 0.6 is 0 Å². The predicted octanol–water partition coefficient (Wildman–Crippen LogP) is 4.04. The van der Waals surface area contributed by atoms with Crippen molar-refractivity contribution in [3.63, 3.8) is 0 Å². The monoisotopic (exact) mass is 378 g/mol. The van der Waals surface area contributed by atoms with E-state index in [9.17, 15) is 14.9 Å². The normalized spacial score (nSPS) is 12.0. The first-order valence-electron chi connectivity index (χ1n) is 8.38. The highest BCUT2D eigenvalue weighted by molar-refractivity contribution is 6.04. The summed E-state index contributed by atoms with van der Waals surface area (Å²) < 4.78 is 11.0. The number of hydrogen-bond donors (Lipinski definition) is 1. The van der Waals surface area contributed by atoms with Crippen LogP contribution < -0.4 is 0 Å². The molecule has 0 bridgehead atoms. The average Bonchev–Trinajstić information content (AvgIpc) is 3.35. The van der Waals surface area contributed by atoms with Gasteiger partial charge in [0, 0.05) is 34.8 Å². The minimum atomic E-state index is -0.763. The van der Waals surface area contributed by atoms with Gasteiger partial charge in [0.1, 0.15) is 0 Å². The van der Waals surface area contributed by atoms with Gasteiger partial charge in [-0.3, -0.25) is 10.1 Å². The number of nitro benzene ring substituents is 1. The largest absolute Gasteiger partial charge is 0.449 e. The molecule has 28 heavy (non-hydrogen) atoms. The molecule has 0 aliphatic heterocycles. The van der Waals surface area contributed by atoms with Gasteiger partial charge >= 0.3 is 5.97 Å². The van der Waals surface area contributed by atoms with Gasteiger partial charge in [0.2, 0.25) is 5.89 Å². The Kier molecular flexibility index (Phi) is 4.32. The number of para-hydroxylation sites is 1. The van der Waals surface area contributed by atoms with Gasteiger partial charge in [-0.2, -0.15) is 0 Å². The molecule has 2 aromatic heterocycles. The summed E-state index contributed by atoms with van der Waals surface area (Å²) in [7, 11) is 0. The molecule has 4 rings (SSSR count). The van der Waals surface area contributed by atoms with E-state index in [-0.39, 0.29) is 17.5 Å². The summed E-state index contributed by atoms with van der Waals surface area (Å²) in [5.41, 5.74) is 1.74. The zero-order chi connectivity index (χ0) is 19.7. The lowest BCUT2D eigenvalue weighted by Crippen LogP contribution is -2.09. The molecule has 4 aromatic rings. The SMILES string of the molecule is CC(OC(=O)c1c[nH]c2ccccc12)c1nnc(-c2ccc([N+](=O)[O-])cc2)o1. The number of benzene rings is 2. The second-order valence-electron chi connectivity index (χ2n) is 6.04. The lowest BCUT2D eigenvalue weighted by molar-refractivity contribution is -0.384. The number of ether oxygens (including phenoxy) is 1. The average molecular weight is 378 g/mol.